The van der Waals surface area contributed by atoms with Crippen LogP contribution in [0.4, 0.5) is 5.69 Å². The Kier molecular flexibility index (Phi) is 6.05. The number of dihydropyridines is 1. The monoisotopic (exact) mass is 456 g/mol. The molecule has 0 atom stereocenters. The molecule has 0 unspecified atom stereocenters. The number of amides is 1. The van der Waals surface area contributed by atoms with Crippen molar-refractivity contribution in [2.24, 2.45) is 0 Å². The molecule has 0 saturated carbocycles. The number of Topliss-reactive ketones (excluding diaryl/α,β-unsaturated/α-hetero) is 2. The van der Waals surface area contributed by atoms with Crippen molar-refractivity contribution in [2.75, 3.05) is 11.9 Å². The van der Waals surface area contributed by atoms with Crippen molar-refractivity contribution in [3.63, 3.8) is 0 Å². The van der Waals surface area contributed by atoms with Crippen LogP contribution in [0.15, 0.2) is 71.1 Å². The quantitative estimate of drug-likeness (QED) is 0.681. The van der Waals surface area contributed by atoms with Crippen molar-refractivity contribution < 1.29 is 19.1 Å². The first kappa shape index (κ1) is 22.1. The minimum Gasteiger partial charge on any atom is -0.484 e. The van der Waals surface area contributed by atoms with Crippen LogP contribution in [0, 0.1) is 6.92 Å². The molecule has 2 aromatic rings. The number of carbonyl (C=O) groups excluding carboxylic acids is 3. The van der Waals surface area contributed by atoms with E-state index in [-0.39, 0.29) is 30.0 Å². The molecule has 3 aliphatic rings. The molecule has 2 N–H and O–H groups in total. The van der Waals surface area contributed by atoms with E-state index >= 15 is 0 Å². The number of anilines is 1. The highest BCUT2D eigenvalue weighted by Gasteiger charge is 2.40. The van der Waals surface area contributed by atoms with E-state index in [9.17, 15) is 14.4 Å². The van der Waals surface area contributed by atoms with Gasteiger partial charge in [0.1, 0.15) is 5.75 Å². The second-order valence-corrected chi connectivity index (χ2v) is 9.17. The van der Waals surface area contributed by atoms with Gasteiger partial charge < -0.3 is 15.4 Å². The van der Waals surface area contributed by atoms with E-state index in [1.807, 2.05) is 43.3 Å². The standard InChI is InChI=1S/C28H28N2O4/c1-17-5-2-6-19(15-17)29-25(33)16-34-20-13-11-18(12-14-20)26-27-21(7-3-9-23(27)31)30-22-8-4-10-24(32)28(22)26/h2,5-6,11-15,26,30H,3-4,7-10,16H2,1H3,(H,29,33). The fraction of sp³-hybridized carbons (Fsp3) is 0.321. The summed E-state index contributed by atoms with van der Waals surface area (Å²) in [6, 6.07) is 15.0. The molecule has 0 fully saturated rings. The van der Waals surface area contributed by atoms with Gasteiger partial charge in [0.15, 0.2) is 18.2 Å². The van der Waals surface area contributed by atoms with E-state index in [2.05, 4.69) is 10.6 Å². The number of hydrogen-bond acceptors (Lipinski definition) is 5. The highest BCUT2D eigenvalue weighted by atomic mass is 16.5. The van der Waals surface area contributed by atoms with Gasteiger partial charge in [-0.05, 0) is 68.0 Å². The van der Waals surface area contributed by atoms with Crippen molar-refractivity contribution in [1.82, 2.24) is 5.32 Å². The van der Waals surface area contributed by atoms with Crippen LogP contribution in [0.1, 0.15) is 55.6 Å². The van der Waals surface area contributed by atoms with Gasteiger partial charge in [-0.3, -0.25) is 14.4 Å². The maximum absolute atomic E-state index is 12.9. The van der Waals surface area contributed by atoms with E-state index in [4.69, 9.17) is 4.74 Å². The number of hydrogen-bond donors (Lipinski definition) is 2. The molecule has 0 saturated heterocycles. The SMILES string of the molecule is Cc1cccc(NC(=O)COc2ccc(C3C4=C(CCCC4=O)NC4=C3C(=O)CCC4)cc2)c1. The summed E-state index contributed by atoms with van der Waals surface area (Å²) in [5.74, 6) is 0.239. The van der Waals surface area contributed by atoms with E-state index in [0.717, 1.165) is 65.0 Å². The molecule has 0 bridgehead atoms. The molecule has 1 heterocycles. The number of benzene rings is 2. The Hall–Kier alpha value is -3.67. The van der Waals surface area contributed by atoms with Crippen LogP contribution in [-0.2, 0) is 14.4 Å². The molecule has 0 radical (unpaired) electrons. The Morgan fingerprint density at radius 2 is 1.59 bits per heavy atom. The molecule has 174 valence electrons. The molecule has 2 aromatic carbocycles. The van der Waals surface area contributed by atoms with Crippen molar-refractivity contribution >= 4 is 23.2 Å². The van der Waals surface area contributed by atoms with Crippen molar-refractivity contribution in [3.8, 4) is 5.75 Å². The van der Waals surface area contributed by atoms with E-state index in [1.165, 1.54) is 0 Å². The first-order chi connectivity index (χ1) is 16.5. The first-order valence-corrected chi connectivity index (χ1v) is 11.9. The number of allylic oxidation sites excluding steroid dienone is 4. The zero-order valence-electron chi connectivity index (χ0n) is 19.3. The molecule has 6 nitrogen and oxygen atoms in total. The van der Waals surface area contributed by atoms with Crippen LogP contribution in [0.2, 0.25) is 0 Å². The van der Waals surface area contributed by atoms with Gasteiger partial charge in [-0.15, -0.1) is 0 Å². The third-order valence-corrected chi connectivity index (χ3v) is 6.68. The fourth-order valence-electron chi connectivity index (χ4n) is 5.14. The summed E-state index contributed by atoms with van der Waals surface area (Å²) in [6.07, 6.45) is 4.38. The summed E-state index contributed by atoms with van der Waals surface area (Å²) < 4.78 is 5.69. The number of ketones is 2. The zero-order valence-corrected chi connectivity index (χ0v) is 19.3. The third kappa shape index (κ3) is 4.40. The predicted molar refractivity (Wildman–Crippen MR) is 129 cm³/mol. The topological polar surface area (TPSA) is 84.5 Å². The van der Waals surface area contributed by atoms with Gasteiger partial charge in [-0.2, -0.15) is 0 Å². The lowest BCUT2D eigenvalue weighted by Crippen LogP contribution is -2.36. The van der Waals surface area contributed by atoms with Gasteiger partial charge in [0.2, 0.25) is 0 Å². The average Bonchev–Trinajstić information content (AvgIpc) is 2.82. The molecule has 34 heavy (non-hydrogen) atoms. The van der Waals surface area contributed by atoms with Crippen molar-refractivity contribution in [1.29, 1.82) is 0 Å². The van der Waals surface area contributed by atoms with Gasteiger partial charge in [0.25, 0.3) is 5.91 Å². The zero-order chi connectivity index (χ0) is 23.7. The number of carbonyl (C=O) groups is 3. The molecule has 1 aliphatic heterocycles. The van der Waals surface area contributed by atoms with Gasteiger partial charge in [0.05, 0.1) is 0 Å². The molecule has 1 amide bonds. The summed E-state index contributed by atoms with van der Waals surface area (Å²) in [6.45, 7) is 1.86. The summed E-state index contributed by atoms with van der Waals surface area (Å²) in [5, 5.41) is 6.26. The smallest absolute Gasteiger partial charge is 0.262 e. The van der Waals surface area contributed by atoms with Gasteiger partial charge in [0, 0.05) is 47.0 Å². The molecule has 6 heteroatoms. The molecular weight excluding hydrogens is 428 g/mol. The van der Waals surface area contributed by atoms with E-state index in [1.54, 1.807) is 12.1 Å². The lowest BCUT2D eigenvalue weighted by molar-refractivity contribution is -0.118. The summed E-state index contributed by atoms with van der Waals surface area (Å²) in [4.78, 5) is 38.1. The Bertz CT molecular complexity index is 1180. The average molecular weight is 457 g/mol. The van der Waals surface area contributed by atoms with Crippen LogP contribution in [0.5, 0.6) is 5.75 Å². The number of aryl methyl sites for hydroxylation is 1. The number of nitrogens with one attached hydrogen (secondary N) is 2. The second kappa shape index (κ2) is 9.29. The maximum Gasteiger partial charge on any atom is 0.262 e. The number of ether oxygens (including phenoxy) is 1. The van der Waals surface area contributed by atoms with Crippen LogP contribution < -0.4 is 15.4 Å². The Morgan fingerprint density at radius 3 is 2.21 bits per heavy atom. The third-order valence-electron chi connectivity index (χ3n) is 6.68. The maximum atomic E-state index is 12.9. The lowest BCUT2D eigenvalue weighted by Gasteiger charge is -2.37. The fourth-order valence-corrected chi connectivity index (χ4v) is 5.14. The van der Waals surface area contributed by atoms with Crippen LogP contribution in [-0.4, -0.2) is 24.1 Å². The molecule has 0 aromatic heterocycles. The van der Waals surface area contributed by atoms with Gasteiger partial charge >= 0.3 is 0 Å². The minimum atomic E-state index is -0.328. The Morgan fingerprint density at radius 1 is 0.941 bits per heavy atom. The molecular formula is C28H28N2O4. The minimum absolute atomic E-state index is 0.109. The first-order valence-electron chi connectivity index (χ1n) is 11.9. The molecule has 0 spiro atoms. The van der Waals surface area contributed by atoms with Crippen LogP contribution in [0.25, 0.3) is 0 Å². The highest BCUT2D eigenvalue weighted by Crippen LogP contribution is 2.45. The van der Waals surface area contributed by atoms with Crippen molar-refractivity contribution in [2.45, 2.75) is 51.4 Å². The Labute approximate surface area is 199 Å². The molecule has 2 aliphatic carbocycles. The second-order valence-electron chi connectivity index (χ2n) is 9.17. The summed E-state index contributed by atoms with van der Waals surface area (Å²) in [7, 11) is 0. The summed E-state index contributed by atoms with van der Waals surface area (Å²) >= 11 is 0. The van der Waals surface area contributed by atoms with E-state index < -0.39 is 0 Å². The highest BCUT2D eigenvalue weighted by molar-refractivity contribution is 6.06. The van der Waals surface area contributed by atoms with Crippen molar-refractivity contribution in [3.05, 3.63) is 82.2 Å². The Balaban J connectivity index is 1.34. The van der Waals surface area contributed by atoms with E-state index in [0.29, 0.717) is 18.6 Å². The summed E-state index contributed by atoms with van der Waals surface area (Å²) in [5.41, 5.74) is 6.14. The van der Waals surface area contributed by atoms with Gasteiger partial charge in [-0.25, -0.2) is 0 Å². The largest absolute Gasteiger partial charge is 0.484 e. The normalized spacial score (nSPS) is 18.3. The van der Waals surface area contributed by atoms with Crippen LogP contribution in [0.3, 0.4) is 0 Å². The lowest BCUT2D eigenvalue weighted by atomic mass is 9.71. The van der Waals surface area contributed by atoms with Gasteiger partial charge in [-0.1, -0.05) is 24.3 Å². The number of rotatable bonds is 5. The molecule has 5 rings (SSSR count). The predicted octanol–water partition coefficient (Wildman–Crippen LogP) is 4.71. The van der Waals surface area contributed by atoms with Crippen LogP contribution >= 0.6 is 0 Å².